The van der Waals surface area contributed by atoms with E-state index in [2.05, 4.69) is 22.5 Å². The van der Waals surface area contributed by atoms with Crippen LogP contribution >= 0.6 is 0 Å². The number of rotatable bonds is 4. The Morgan fingerprint density at radius 2 is 2.25 bits per heavy atom. The minimum absolute atomic E-state index is 0.0160. The summed E-state index contributed by atoms with van der Waals surface area (Å²) in [5.74, 6) is 3.03. The van der Waals surface area contributed by atoms with Gasteiger partial charge in [0.15, 0.2) is 0 Å². The molecule has 3 rings (SSSR count). The first-order valence-electron chi connectivity index (χ1n) is 7.62. The topological polar surface area (TPSA) is 54.0 Å². The smallest absolute Gasteiger partial charge is 0.255 e. The van der Waals surface area contributed by atoms with Gasteiger partial charge in [-0.3, -0.25) is 4.79 Å². The Morgan fingerprint density at radius 3 is 2.90 bits per heavy atom. The number of pyridine rings is 1. The first-order chi connectivity index (χ1) is 9.69. The van der Waals surface area contributed by atoms with Crippen molar-refractivity contribution in [1.82, 2.24) is 10.3 Å². The monoisotopic (exact) mass is 273 g/mol. The highest BCUT2D eigenvalue weighted by molar-refractivity contribution is 5.98. The SMILES string of the molecule is CNc1ncccc1C(=O)NC(C)C1CC2CCC1C2. The van der Waals surface area contributed by atoms with Crippen molar-refractivity contribution in [2.24, 2.45) is 17.8 Å². The van der Waals surface area contributed by atoms with Crippen LogP contribution in [0.1, 0.15) is 43.0 Å². The van der Waals surface area contributed by atoms with Gasteiger partial charge in [0.25, 0.3) is 5.91 Å². The first-order valence-corrected chi connectivity index (χ1v) is 7.62. The van der Waals surface area contributed by atoms with Gasteiger partial charge in [0.1, 0.15) is 5.82 Å². The molecular weight excluding hydrogens is 250 g/mol. The minimum atomic E-state index is -0.0160. The van der Waals surface area contributed by atoms with E-state index in [1.54, 1.807) is 19.3 Å². The van der Waals surface area contributed by atoms with Gasteiger partial charge in [-0.1, -0.05) is 6.42 Å². The number of carbonyl (C=O) groups is 1. The van der Waals surface area contributed by atoms with E-state index in [1.807, 2.05) is 6.07 Å². The molecule has 4 heteroatoms. The lowest BCUT2D eigenvalue weighted by atomic mass is 9.84. The molecule has 0 aromatic carbocycles. The fourth-order valence-corrected chi connectivity index (χ4v) is 4.09. The Kier molecular flexibility index (Phi) is 3.64. The lowest BCUT2D eigenvalue weighted by molar-refractivity contribution is 0.0916. The number of amides is 1. The zero-order valence-electron chi connectivity index (χ0n) is 12.2. The van der Waals surface area contributed by atoms with E-state index in [9.17, 15) is 4.79 Å². The van der Waals surface area contributed by atoms with Crippen LogP contribution in [0.4, 0.5) is 5.82 Å². The molecule has 4 atom stereocenters. The summed E-state index contributed by atoms with van der Waals surface area (Å²) in [4.78, 5) is 16.6. The number of aromatic nitrogens is 1. The maximum atomic E-state index is 12.4. The molecule has 4 nitrogen and oxygen atoms in total. The molecule has 0 spiro atoms. The van der Waals surface area contributed by atoms with Crippen molar-refractivity contribution >= 4 is 11.7 Å². The van der Waals surface area contributed by atoms with Crippen LogP contribution in [0.25, 0.3) is 0 Å². The summed E-state index contributed by atoms with van der Waals surface area (Å²) in [6.45, 7) is 2.15. The molecule has 0 radical (unpaired) electrons. The summed E-state index contributed by atoms with van der Waals surface area (Å²) in [5, 5.41) is 6.15. The molecule has 2 bridgehead atoms. The standard InChI is InChI=1S/C16H23N3O/c1-10(14-9-11-5-6-12(14)8-11)19-16(20)13-4-3-7-18-15(13)17-2/h3-4,7,10-12,14H,5-6,8-9H2,1-2H3,(H,17,18)(H,19,20). The molecular formula is C16H23N3O. The van der Waals surface area contributed by atoms with E-state index < -0.39 is 0 Å². The summed E-state index contributed by atoms with van der Waals surface area (Å²) >= 11 is 0. The summed E-state index contributed by atoms with van der Waals surface area (Å²) in [5.41, 5.74) is 0.630. The zero-order chi connectivity index (χ0) is 14.1. The Hall–Kier alpha value is -1.58. The second-order valence-corrected chi connectivity index (χ2v) is 6.25. The fraction of sp³-hybridized carbons (Fsp3) is 0.625. The Balaban J connectivity index is 1.66. The van der Waals surface area contributed by atoms with Crippen molar-refractivity contribution in [3.8, 4) is 0 Å². The second-order valence-electron chi connectivity index (χ2n) is 6.25. The predicted octanol–water partition coefficient (Wildman–Crippen LogP) is 2.68. The number of carbonyl (C=O) groups excluding carboxylic acids is 1. The fourth-order valence-electron chi connectivity index (χ4n) is 4.09. The Morgan fingerprint density at radius 1 is 1.40 bits per heavy atom. The van der Waals surface area contributed by atoms with Gasteiger partial charge < -0.3 is 10.6 Å². The molecule has 2 fully saturated rings. The number of fused-ring (bicyclic) bond motifs is 2. The molecule has 2 aliphatic carbocycles. The summed E-state index contributed by atoms with van der Waals surface area (Å²) in [7, 11) is 1.79. The molecule has 1 aromatic heterocycles. The normalized spacial score (nSPS) is 29.2. The predicted molar refractivity (Wildman–Crippen MR) is 79.6 cm³/mol. The van der Waals surface area contributed by atoms with Crippen molar-refractivity contribution in [1.29, 1.82) is 0 Å². The van der Waals surface area contributed by atoms with Crippen molar-refractivity contribution in [2.75, 3.05) is 12.4 Å². The summed E-state index contributed by atoms with van der Waals surface area (Å²) in [6, 6.07) is 3.88. The molecule has 4 unspecified atom stereocenters. The van der Waals surface area contributed by atoms with Gasteiger partial charge in [0.05, 0.1) is 5.56 Å². The minimum Gasteiger partial charge on any atom is -0.372 e. The van der Waals surface area contributed by atoms with Crippen molar-refractivity contribution in [3.05, 3.63) is 23.9 Å². The lowest BCUT2D eigenvalue weighted by Gasteiger charge is -2.28. The highest BCUT2D eigenvalue weighted by Crippen LogP contribution is 2.49. The van der Waals surface area contributed by atoms with Gasteiger partial charge in [0.2, 0.25) is 0 Å². The first kappa shape index (κ1) is 13.4. The van der Waals surface area contributed by atoms with Gasteiger partial charge in [0, 0.05) is 19.3 Å². The molecule has 1 heterocycles. The summed E-state index contributed by atoms with van der Waals surface area (Å²) < 4.78 is 0. The van der Waals surface area contributed by atoms with Crippen molar-refractivity contribution in [2.45, 2.75) is 38.6 Å². The van der Waals surface area contributed by atoms with E-state index >= 15 is 0 Å². The molecule has 20 heavy (non-hydrogen) atoms. The van der Waals surface area contributed by atoms with Gasteiger partial charge in [-0.2, -0.15) is 0 Å². The van der Waals surface area contributed by atoms with Crippen LogP contribution in [0.2, 0.25) is 0 Å². The Bertz CT molecular complexity index is 502. The maximum Gasteiger partial charge on any atom is 0.255 e. The molecule has 1 aromatic rings. The third kappa shape index (κ3) is 2.39. The van der Waals surface area contributed by atoms with Crippen LogP contribution in [0.15, 0.2) is 18.3 Å². The number of anilines is 1. The van der Waals surface area contributed by atoms with Gasteiger partial charge in [-0.15, -0.1) is 0 Å². The zero-order valence-corrected chi connectivity index (χ0v) is 12.2. The highest BCUT2D eigenvalue weighted by atomic mass is 16.1. The lowest BCUT2D eigenvalue weighted by Crippen LogP contribution is -2.40. The molecule has 108 valence electrons. The quantitative estimate of drug-likeness (QED) is 0.887. The highest BCUT2D eigenvalue weighted by Gasteiger charge is 2.42. The van der Waals surface area contributed by atoms with Crippen LogP contribution < -0.4 is 10.6 Å². The van der Waals surface area contributed by atoms with E-state index in [-0.39, 0.29) is 11.9 Å². The van der Waals surface area contributed by atoms with E-state index in [0.717, 1.165) is 11.8 Å². The number of nitrogens with zero attached hydrogens (tertiary/aromatic N) is 1. The van der Waals surface area contributed by atoms with Crippen LogP contribution in [0.3, 0.4) is 0 Å². The third-order valence-corrected chi connectivity index (χ3v) is 5.08. The van der Waals surface area contributed by atoms with E-state index in [4.69, 9.17) is 0 Å². The third-order valence-electron chi connectivity index (χ3n) is 5.08. The Labute approximate surface area is 120 Å². The summed E-state index contributed by atoms with van der Waals surface area (Å²) in [6.07, 6.45) is 7.11. The van der Waals surface area contributed by atoms with E-state index in [1.165, 1.54) is 25.7 Å². The van der Waals surface area contributed by atoms with Crippen LogP contribution in [-0.4, -0.2) is 24.0 Å². The van der Waals surface area contributed by atoms with Crippen molar-refractivity contribution in [3.63, 3.8) is 0 Å². The van der Waals surface area contributed by atoms with Crippen molar-refractivity contribution < 1.29 is 4.79 Å². The average molecular weight is 273 g/mol. The molecule has 2 aliphatic rings. The van der Waals surface area contributed by atoms with Crippen LogP contribution in [-0.2, 0) is 0 Å². The molecule has 0 saturated heterocycles. The van der Waals surface area contributed by atoms with Gasteiger partial charge >= 0.3 is 0 Å². The van der Waals surface area contributed by atoms with E-state index in [0.29, 0.717) is 17.3 Å². The van der Waals surface area contributed by atoms with Gasteiger partial charge in [-0.05, 0) is 56.1 Å². The van der Waals surface area contributed by atoms with Crippen LogP contribution in [0.5, 0.6) is 0 Å². The molecule has 0 aliphatic heterocycles. The number of hydrogen-bond acceptors (Lipinski definition) is 3. The largest absolute Gasteiger partial charge is 0.372 e. The number of nitrogens with one attached hydrogen (secondary N) is 2. The van der Waals surface area contributed by atoms with Gasteiger partial charge in [-0.25, -0.2) is 4.98 Å². The molecule has 1 amide bonds. The average Bonchev–Trinajstić information content (AvgIpc) is 3.09. The second kappa shape index (κ2) is 5.43. The molecule has 2 N–H and O–H groups in total. The maximum absolute atomic E-state index is 12.4. The molecule has 2 saturated carbocycles. The number of hydrogen-bond donors (Lipinski definition) is 2. The van der Waals surface area contributed by atoms with Crippen LogP contribution in [0, 0.1) is 17.8 Å².